The van der Waals surface area contributed by atoms with Gasteiger partial charge in [-0.1, -0.05) is 23.7 Å². The van der Waals surface area contributed by atoms with Gasteiger partial charge < -0.3 is 14.8 Å². The molecule has 6 heteroatoms. The van der Waals surface area contributed by atoms with E-state index in [1.165, 1.54) is 11.8 Å². The fourth-order valence-electron chi connectivity index (χ4n) is 1.95. The van der Waals surface area contributed by atoms with Crippen LogP contribution in [0.25, 0.3) is 0 Å². The van der Waals surface area contributed by atoms with Crippen molar-refractivity contribution in [2.24, 2.45) is 0 Å². The van der Waals surface area contributed by atoms with Crippen molar-refractivity contribution < 1.29 is 14.3 Å². The van der Waals surface area contributed by atoms with Crippen LogP contribution in [0.15, 0.2) is 47.4 Å². The first-order valence-corrected chi connectivity index (χ1v) is 8.34. The summed E-state index contributed by atoms with van der Waals surface area (Å²) in [6, 6.07) is 13.0. The van der Waals surface area contributed by atoms with Gasteiger partial charge in [-0.25, -0.2) is 0 Å². The highest BCUT2D eigenvalue weighted by molar-refractivity contribution is 8.00. The van der Waals surface area contributed by atoms with E-state index in [4.69, 9.17) is 21.1 Å². The first kappa shape index (κ1) is 17.5. The lowest BCUT2D eigenvalue weighted by Crippen LogP contribution is -2.24. The molecule has 0 atom stereocenters. The van der Waals surface area contributed by atoms with Gasteiger partial charge in [-0.3, -0.25) is 4.79 Å². The molecule has 0 saturated heterocycles. The first-order chi connectivity index (χ1) is 11.1. The number of benzene rings is 2. The minimum absolute atomic E-state index is 0.0373. The van der Waals surface area contributed by atoms with Crippen molar-refractivity contribution in [3.05, 3.63) is 53.1 Å². The van der Waals surface area contributed by atoms with Crippen LogP contribution in [0.1, 0.15) is 5.56 Å². The molecular formula is C17H18ClNO3S. The Balaban J connectivity index is 1.84. The van der Waals surface area contributed by atoms with Crippen LogP contribution in [0, 0.1) is 0 Å². The Kier molecular flexibility index (Phi) is 6.62. The molecule has 0 heterocycles. The summed E-state index contributed by atoms with van der Waals surface area (Å²) in [5, 5.41) is 3.55. The number of halogens is 1. The summed E-state index contributed by atoms with van der Waals surface area (Å²) < 4.78 is 10.4. The maximum absolute atomic E-state index is 11.9. The quantitative estimate of drug-likeness (QED) is 0.771. The van der Waals surface area contributed by atoms with Crippen LogP contribution in [0.2, 0.25) is 5.02 Å². The molecule has 0 aliphatic heterocycles. The molecule has 2 aromatic carbocycles. The summed E-state index contributed by atoms with van der Waals surface area (Å²) in [4.78, 5) is 12.9. The SMILES string of the molecule is COc1ccc(CNC(=O)CSc2cccc(Cl)c2)cc1OC. The average molecular weight is 352 g/mol. The number of hydrogen-bond donors (Lipinski definition) is 1. The van der Waals surface area contributed by atoms with Crippen LogP contribution in [-0.4, -0.2) is 25.9 Å². The molecule has 0 unspecified atom stereocenters. The molecule has 0 bridgehead atoms. The van der Waals surface area contributed by atoms with Gasteiger partial charge in [-0.15, -0.1) is 11.8 Å². The number of methoxy groups -OCH3 is 2. The van der Waals surface area contributed by atoms with E-state index in [9.17, 15) is 4.79 Å². The summed E-state index contributed by atoms with van der Waals surface area (Å²) in [5.74, 6) is 1.62. The van der Waals surface area contributed by atoms with Crippen LogP contribution in [0.5, 0.6) is 11.5 Å². The molecule has 0 fully saturated rings. The zero-order valence-corrected chi connectivity index (χ0v) is 14.5. The van der Waals surface area contributed by atoms with E-state index in [1.54, 1.807) is 14.2 Å². The highest BCUT2D eigenvalue weighted by atomic mass is 35.5. The van der Waals surface area contributed by atoms with E-state index in [1.807, 2.05) is 42.5 Å². The highest BCUT2D eigenvalue weighted by Gasteiger charge is 2.07. The first-order valence-electron chi connectivity index (χ1n) is 6.98. The van der Waals surface area contributed by atoms with Crippen molar-refractivity contribution >= 4 is 29.3 Å². The summed E-state index contributed by atoms with van der Waals surface area (Å²) in [7, 11) is 3.17. The minimum Gasteiger partial charge on any atom is -0.493 e. The fraction of sp³-hybridized carbons (Fsp3) is 0.235. The third-order valence-corrected chi connectivity index (χ3v) is 4.33. The Morgan fingerprint density at radius 2 is 1.91 bits per heavy atom. The zero-order chi connectivity index (χ0) is 16.7. The topological polar surface area (TPSA) is 47.6 Å². The Hall–Kier alpha value is -1.85. The molecule has 1 amide bonds. The van der Waals surface area contributed by atoms with Crippen LogP contribution in [0.3, 0.4) is 0 Å². The summed E-state index contributed by atoms with van der Waals surface area (Å²) in [5.41, 5.74) is 0.948. The second-order valence-corrected chi connectivity index (χ2v) is 6.20. The molecule has 0 aliphatic carbocycles. The van der Waals surface area contributed by atoms with Gasteiger partial charge in [0.05, 0.1) is 20.0 Å². The number of ether oxygens (including phenoxy) is 2. The Morgan fingerprint density at radius 1 is 1.13 bits per heavy atom. The summed E-state index contributed by atoms with van der Waals surface area (Å²) in [6.07, 6.45) is 0. The van der Waals surface area contributed by atoms with E-state index < -0.39 is 0 Å². The van der Waals surface area contributed by atoms with Crippen LogP contribution < -0.4 is 14.8 Å². The predicted octanol–water partition coefficient (Wildman–Crippen LogP) is 3.77. The molecule has 0 aromatic heterocycles. The second-order valence-electron chi connectivity index (χ2n) is 4.71. The zero-order valence-electron chi connectivity index (χ0n) is 13.0. The molecule has 0 saturated carbocycles. The van der Waals surface area contributed by atoms with Crippen molar-refractivity contribution in [3.63, 3.8) is 0 Å². The molecular weight excluding hydrogens is 334 g/mol. The Bertz CT molecular complexity index is 679. The number of rotatable bonds is 7. The maximum Gasteiger partial charge on any atom is 0.230 e. The van der Waals surface area contributed by atoms with Gasteiger partial charge in [0.2, 0.25) is 5.91 Å². The number of thioether (sulfide) groups is 1. The van der Waals surface area contributed by atoms with Gasteiger partial charge >= 0.3 is 0 Å². The lowest BCUT2D eigenvalue weighted by Gasteiger charge is -2.10. The third-order valence-electron chi connectivity index (χ3n) is 3.10. The maximum atomic E-state index is 11.9. The number of nitrogens with one attached hydrogen (secondary N) is 1. The molecule has 0 radical (unpaired) electrons. The molecule has 0 aliphatic rings. The van der Waals surface area contributed by atoms with Crippen molar-refractivity contribution in [3.8, 4) is 11.5 Å². The number of hydrogen-bond acceptors (Lipinski definition) is 4. The van der Waals surface area contributed by atoms with E-state index in [2.05, 4.69) is 5.32 Å². The van der Waals surface area contributed by atoms with Crippen molar-refractivity contribution in [1.82, 2.24) is 5.32 Å². The van der Waals surface area contributed by atoms with Crippen molar-refractivity contribution in [2.45, 2.75) is 11.4 Å². The molecule has 2 rings (SSSR count). The van der Waals surface area contributed by atoms with Gasteiger partial charge in [0.15, 0.2) is 11.5 Å². The molecule has 2 aromatic rings. The van der Waals surface area contributed by atoms with Crippen molar-refractivity contribution in [2.75, 3.05) is 20.0 Å². The fourth-order valence-corrected chi connectivity index (χ4v) is 2.99. The number of amides is 1. The van der Waals surface area contributed by atoms with E-state index >= 15 is 0 Å². The van der Waals surface area contributed by atoms with Gasteiger partial charge in [0.25, 0.3) is 0 Å². The normalized spacial score (nSPS) is 10.2. The molecule has 1 N–H and O–H groups in total. The van der Waals surface area contributed by atoms with Crippen LogP contribution >= 0.6 is 23.4 Å². The molecule has 122 valence electrons. The van der Waals surface area contributed by atoms with Gasteiger partial charge in [-0.05, 0) is 35.9 Å². The molecule has 23 heavy (non-hydrogen) atoms. The third kappa shape index (κ3) is 5.37. The lowest BCUT2D eigenvalue weighted by molar-refractivity contribution is -0.118. The minimum atomic E-state index is -0.0373. The highest BCUT2D eigenvalue weighted by Crippen LogP contribution is 2.27. The molecule has 0 spiro atoms. The van der Waals surface area contributed by atoms with E-state index in [0.29, 0.717) is 28.8 Å². The van der Waals surface area contributed by atoms with E-state index in [-0.39, 0.29) is 5.91 Å². The monoisotopic (exact) mass is 351 g/mol. The lowest BCUT2D eigenvalue weighted by atomic mass is 10.2. The standard InChI is InChI=1S/C17H18ClNO3S/c1-21-15-7-6-12(8-16(15)22-2)10-19-17(20)11-23-14-5-3-4-13(18)9-14/h3-9H,10-11H2,1-2H3,(H,19,20). The summed E-state index contributed by atoms with van der Waals surface area (Å²) in [6.45, 7) is 0.440. The van der Waals surface area contributed by atoms with E-state index in [0.717, 1.165) is 10.5 Å². The van der Waals surface area contributed by atoms with Gasteiger partial charge in [0.1, 0.15) is 0 Å². The van der Waals surface area contributed by atoms with Crippen molar-refractivity contribution in [1.29, 1.82) is 0 Å². The molecule has 4 nitrogen and oxygen atoms in total. The van der Waals surface area contributed by atoms with Gasteiger partial charge in [-0.2, -0.15) is 0 Å². The smallest absolute Gasteiger partial charge is 0.230 e. The second kappa shape index (κ2) is 8.70. The number of carbonyl (C=O) groups excluding carboxylic acids is 1. The van der Waals surface area contributed by atoms with Crippen LogP contribution in [0.4, 0.5) is 0 Å². The Labute approximate surface area is 145 Å². The largest absolute Gasteiger partial charge is 0.493 e. The predicted molar refractivity (Wildman–Crippen MR) is 93.6 cm³/mol. The van der Waals surface area contributed by atoms with Crippen LogP contribution in [-0.2, 0) is 11.3 Å². The Morgan fingerprint density at radius 3 is 2.61 bits per heavy atom. The average Bonchev–Trinajstić information content (AvgIpc) is 2.57. The van der Waals surface area contributed by atoms with Gasteiger partial charge in [0, 0.05) is 16.5 Å². The number of carbonyl (C=O) groups is 1. The summed E-state index contributed by atoms with van der Waals surface area (Å²) >= 11 is 7.37.